The number of benzene rings is 1. The first-order chi connectivity index (χ1) is 16.7. The number of alkyl halides is 2. The summed E-state index contributed by atoms with van der Waals surface area (Å²) in [5.41, 5.74) is 5.55. The lowest BCUT2D eigenvalue weighted by Crippen LogP contribution is -2.44. The van der Waals surface area contributed by atoms with Gasteiger partial charge >= 0.3 is 0 Å². The molecule has 0 fully saturated rings. The summed E-state index contributed by atoms with van der Waals surface area (Å²) < 4.78 is 47.6. The van der Waals surface area contributed by atoms with Gasteiger partial charge in [0.05, 0.1) is 16.5 Å². The molecule has 3 heterocycles. The van der Waals surface area contributed by atoms with E-state index >= 15 is 0 Å². The Labute approximate surface area is 204 Å². The third kappa shape index (κ3) is 4.98. The summed E-state index contributed by atoms with van der Waals surface area (Å²) in [5.74, 6) is 2.38. The van der Waals surface area contributed by atoms with E-state index in [1.807, 2.05) is 0 Å². The highest BCUT2D eigenvalue weighted by atomic mass is 32.2. The number of rotatable bonds is 7. The highest BCUT2D eigenvalue weighted by Crippen LogP contribution is 2.47. The van der Waals surface area contributed by atoms with Crippen LogP contribution >= 0.6 is 11.8 Å². The number of hydrogen-bond acceptors (Lipinski definition) is 8. The molecule has 182 valence electrons. The van der Waals surface area contributed by atoms with Crippen LogP contribution in [0.4, 0.5) is 24.7 Å². The largest absolute Gasteiger partial charge is 0.460 e. The predicted octanol–water partition coefficient (Wildman–Crippen LogP) is 4.65. The third-order valence-corrected chi connectivity index (χ3v) is 6.59. The lowest BCUT2D eigenvalue weighted by Gasteiger charge is -2.40. The van der Waals surface area contributed by atoms with Gasteiger partial charge in [0, 0.05) is 17.4 Å². The van der Waals surface area contributed by atoms with Crippen LogP contribution in [-0.2, 0) is 5.54 Å². The maximum atomic E-state index is 15.0. The van der Waals surface area contributed by atoms with Crippen molar-refractivity contribution in [1.29, 1.82) is 0 Å². The van der Waals surface area contributed by atoms with E-state index in [-0.39, 0.29) is 23.0 Å². The molecule has 2 aromatic heterocycles. The lowest BCUT2D eigenvalue weighted by molar-refractivity contribution is 0.244. The molecule has 0 saturated heterocycles. The molecule has 0 radical (unpaired) electrons. The third-order valence-electron chi connectivity index (χ3n) is 5.55. The monoisotopic (exact) mass is 500 g/mol. The maximum absolute atomic E-state index is 15.0. The van der Waals surface area contributed by atoms with Crippen molar-refractivity contribution in [3.8, 4) is 18.2 Å². The molecule has 1 aliphatic heterocycles. The fourth-order valence-corrected chi connectivity index (χ4v) is 5.04. The first kappa shape index (κ1) is 24.6. The van der Waals surface area contributed by atoms with Gasteiger partial charge in [-0.05, 0) is 44.5 Å². The van der Waals surface area contributed by atoms with Crippen molar-refractivity contribution in [2.75, 3.05) is 18.7 Å². The van der Waals surface area contributed by atoms with Crippen molar-refractivity contribution in [3.05, 3.63) is 48.0 Å². The van der Waals surface area contributed by atoms with E-state index in [0.717, 1.165) is 11.8 Å². The second-order valence-corrected chi connectivity index (χ2v) is 10.1. The molecular formula is C24H23F3N6OS. The van der Waals surface area contributed by atoms with Gasteiger partial charge < -0.3 is 15.8 Å². The summed E-state index contributed by atoms with van der Waals surface area (Å²) in [4.78, 5) is 17.3. The number of nitrogens with one attached hydrogen (secondary N) is 1. The molecule has 3 aromatic rings. The minimum Gasteiger partial charge on any atom is -0.460 e. The lowest BCUT2D eigenvalue weighted by atomic mass is 9.82. The van der Waals surface area contributed by atoms with Crippen molar-refractivity contribution in [2.45, 2.75) is 36.7 Å². The van der Waals surface area contributed by atoms with Gasteiger partial charge in [-0.3, -0.25) is 0 Å². The zero-order valence-corrected chi connectivity index (χ0v) is 19.9. The van der Waals surface area contributed by atoms with Gasteiger partial charge in [-0.2, -0.15) is 0 Å². The van der Waals surface area contributed by atoms with Crippen molar-refractivity contribution in [1.82, 2.24) is 15.0 Å². The van der Waals surface area contributed by atoms with Crippen molar-refractivity contribution in [3.63, 3.8) is 0 Å². The number of aromatic nitrogens is 3. The average Bonchev–Trinajstić information content (AvgIpc) is 2.84. The van der Waals surface area contributed by atoms with Crippen LogP contribution in [-0.4, -0.2) is 44.3 Å². The number of pyridine rings is 1. The zero-order valence-electron chi connectivity index (χ0n) is 19.1. The zero-order chi connectivity index (χ0) is 25.2. The summed E-state index contributed by atoms with van der Waals surface area (Å²) in [7, 11) is 0. The van der Waals surface area contributed by atoms with Crippen molar-refractivity contribution < 1.29 is 17.9 Å². The van der Waals surface area contributed by atoms with E-state index in [4.69, 9.17) is 16.9 Å². The van der Waals surface area contributed by atoms with Crippen LogP contribution in [0.1, 0.15) is 25.8 Å². The highest BCUT2D eigenvalue weighted by molar-refractivity contribution is 8.15. The molecule has 0 saturated carbocycles. The van der Waals surface area contributed by atoms with Crippen LogP contribution in [0.5, 0.6) is 5.88 Å². The van der Waals surface area contributed by atoms with E-state index < -0.39 is 35.6 Å². The Morgan fingerprint density at radius 2 is 2.09 bits per heavy atom. The van der Waals surface area contributed by atoms with Gasteiger partial charge in [0.1, 0.15) is 30.2 Å². The van der Waals surface area contributed by atoms with Crippen LogP contribution in [0, 0.1) is 18.2 Å². The Morgan fingerprint density at radius 3 is 2.80 bits per heavy atom. The number of aliphatic imine (C=N–C) groups is 1. The fourth-order valence-electron chi connectivity index (χ4n) is 3.95. The molecule has 0 aliphatic carbocycles. The molecule has 1 aromatic carbocycles. The van der Waals surface area contributed by atoms with E-state index in [9.17, 15) is 13.2 Å². The first-order valence-electron chi connectivity index (χ1n) is 10.7. The quantitative estimate of drug-likeness (QED) is 0.456. The molecular weight excluding hydrogens is 477 g/mol. The SMILES string of the molecule is C#C[C@H](C)Oc1cnc2c(Nc3ccc(F)c([C@]4(CF)C[C@](C)(CF)SC(N)=N4)c3)nccc2n1. The van der Waals surface area contributed by atoms with Crippen molar-refractivity contribution >= 4 is 39.5 Å². The van der Waals surface area contributed by atoms with Gasteiger partial charge in [-0.15, -0.1) is 6.42 Å². The van der Waals surface area contributed by atoms with Crippen LogP contribution in [0.2, 0.25) is 0 Å². The predicted molar refractivity (Wildman–Crippen MR) is 132 cm³/mol. The van der Waals surface area contributed by atoms with E-state index in [0.29, 0.717) is 22.5 Å². The minimum absolute atomic E-state index is 0.00924. The topological polar surface area (TPSA) is 98.3 Å². The minimum atomic E-state index is -1.65. The molecule has 3 atom stereocenters. The number of amidine groups is 1. The Bertz CT molecular complexity index is 1330. The van der Waals surface area contributed by atoms with Crippen LogP contribution in [0.25, 0.3) is 11.0 Å². The van der Waals surface area contributed by atoms with Gasteiger partial charge in [0.2, 0.25) is 5.88 Å². The maximum Gasteiger partial charge on any atom is 0.234 e. The number of thioether (sulfide) groups is 1. The van der Waals surface area contributed by atoms with E-state index in [2.05, 4.69) is 31.2 Å². The van der Waals surface area contributed by atoms with Gasteiger partial charge in [0.15, 0.2) is 17.1 Å². The molecule has 0 spiro atoms. The number of ether oxygens (including phenoxy) is 1. The van der Waals surface area contributed by atoms with Gasteiger partial charge in [-0.1, -0.05) is 17.7 Å². The number of nitrogens with zero attached hydrogens (tertiary/aromatic N) is 4. The van der Waals surface area contributed by atoms with Crippen molar-refractivity contribution in [2.24, 2.45) is 10.7 Å². The Kier molecular flexibility index (Phi) is 6.76. The summed E-state index contributed by atoms with van der Waals surface area (Å²) in [6.45, 7) is 1.52. The highest BCUT2D eigenvalue weighted by Gasteiger charge is 2.46. The molecule has 3 N–H and O–H groups in total. The first-order valence-corrected chi connectivity index (χ1v) is 11.5. The Hall–Kier alpha value is -3.52. The van der Waals surface area contributed by atoms with Crippen LogP contribution in [0.3, 0.4) is 0 Å². The fraction of sp³-hybridized carbons (Fsp3) is 0.333. The normalized spacial score (nSPS) is 22.8. The molecule has 0 amide bonds. The summed E-state index contributed by atoms with van der Waals surface area (Å²) in [6, 6.07) is 5.76. The van der Waals surface area contributed by atoms with E-state index in [1.54, 1.807) is 19.9 Å². The number of nitrogens with two attached hydrogens (primary N) is 1. The molecule has 1 aliphatic rings. The summed E-state index contributed by atoms with van der Waals surface area (Å²) >= 11 is 1.02. The van der Waals surface area contributed by atoms with Gasteiger partial charge in [0.25, 0.3) is 0 Å². The number of hydrogen-bond donors (Lipinski definition) is 2. The molecule has 0 unspecified atom stereocenters. The van der Waals surface area contributed by atoms with Gasteiger partial charge in [-0.25, -0.2) is 33.1 Å². The van der Waals surface area contributed by atoms with Crippen LogP contribution < -0.4 is 15.8 Å². The number of terminal acetylenes is 1. The summed E-state index contributed by atoms with van der Waals surface area (Å²) in [6.07, 6.45) is 7.75. The standard InChI is InChI=1S/C24H23F3N6OS/c1-4-14(2)34-19-10-30-20-18(32-19)7-8-29-21(20)31-15-5-6-17(27)16(9-15)24(13-26)11-23(3,12-25)35-22(28)33-24/h1,5-10,14H,11-13H2,2-3H3,(H2,28,33)(H,29,31)/t14-,23+,24+/m0/s1. The molecule has 4 rings (SSSR count). The van der Waals surface area contributed by atoms with E-state index in [1.165, 1.54) is 30.6 Å². The van der Waals surface area contributed by atoms with Crippen LogP contribution in [0.15, 0.2) is 41.7 Å². The molecule has 7 nitrogen and oxygen atoms in total. The molecule has 0 bridgehead atoms. The molecule has 35 heavy (non-hydrogen) atoms. The average molecular weight is 501 g/mol. The smallest absolute Gasteiger partial charge is 0.234 e. The second-order valence-electron chi connectivity index (χ2n) is 8.46. The second kappa shape index (κ2) is 9.62. The Morgan fingerprint density at radius 1 is 1.29 bits per heavy atom. The number of anilines is 2. The Balaban J connectivity index is 1.71. The molecule has 11 heteroatoms. The summed E-state index contributed by atoms with van der Waals surface area (Å²) in [5, 5.41) is 3.09. The number of fused-ring (bicyclic) bond motifs is 1. The number of halogens is 3.